The molecular weight excluding hydrogens is 411 g/mol. The third-order valence-corrected chi connectivity index (χ3v) is 5.91. The predicted octanol–water partition coefficient (Wildman–Crippen LogP) is 5.58. The zero-order chi connectivity index (χ0) is 21.7. The number of aromatic nitrogens is 1. The molecule has 0 saturated heterocycles. The third-order valence-electron chi connectivity index (χ3n) is 4.83. The lowest BCUT2D eigenvalue weighted by Crippen LogP contribution is -2.27. The van der Waals surface area contributed by atoms with Crippen LogP contribution in [-0.4, -0.2) is 31.8 Å². The zero-order valence-corrected chi connectivity index (χ0v) is 17.6. The van der Waals surface area contributed by atoms with Crippen molar-refractivity contribution in [1.82, 2.24) is 4.98 Å². The average Bonchev–Trinajstić information content (AvgIpc) is 3.13. The van der Waals surface area contributed by atoms with E-state index in [2.05, 4.69) is 16.0 Å². The number of fused-ring (bicyclic) bond motifs is 1. The largest absolute Gasteiger partial charge is 0.416 e. The molecule has 0 aliphatic heterocycles. The maximum absolute atomic E-state index is 13.0. The van der Waals surface area contributed by atoms with E-state index >= 15 is 0 Å². The van der Waals surface area contributed by atoms with Crippen LogP contribution in [0.5, 0.6) is 0 Å². The number of thiazole rings is 1. The van der Waals surface area contributed by atoms with Gasteiger partial charge in [0, 0.05) is 26.8 Å². The summed E-state index contributed by atoms with van der Waals surface area (Å²) in [6.07, 6.45) is -2.85. The molecule has 0 bridgehead atoms. The highest BCUT2D eigenvalue weighted by Crippen LogP contribution is 2.35. The Hall–Kier alpha value is -2.63. The van der Waals surface area contributed by atoms with Crippen molar-refractivity contribution in [2.24, 2.45) is 0 Å². The van der Waals surface area contributed by atoms with Crippen molar-refractivity contribution in [3.8, 4) is 6.07 Å². The molecule has 2 aromatic carbocycles. The van der Waals surface area contributed by atoms with Crippen LogP contribution in [0.25, 0.3) is 10.2 Å². The fourth-order valence-corrected chi connectivity index (χ4v) is 4.25. The molecule has 30 heavy (non-hydrogen) atoms. The monoisotopic (exact) mass is 433 g/mol. The highest BCUT2D eigenvalue weighted by Gasteiger charge is 2.30. The summed E-state index contributed by atoms with van der Waals surface area (Å²) < 4.78 is 44.7. The molecule has 0 aliphatic carbocycles. The lowest BCUT2D eigenvalue weighted by molar-refractivity contribution is -0.137. The van der Waals surface area contributed by atoms with Crippen molar-refractivity contribution in [2.45, 2.75) is 25.9 Å². The SMILES string of the molecule is COCCCN(CCc1ccc(C#N)c(C)c1)c1nc2ccc(C(F)(F)F)cc2s1. The normalized spacial score (nSPS) is 11.6. The van der Waals surface area contributed by atoms with Crippen molar-refractivity contribution >= 4 is 26.7 Å². The molecule has 0 spiro atoms. The first-order valence-electron chi connectivity index (χ1n) is 9.53. The van der Waals surface area contributed by atoms with Gasteiger partial charge in [-0.05, 0) is 55.2 Å². The van der Waals surface area contributed by atoms with Crippen LogP contribution in [0.4, 0.5) is 18.3 Å². The van der Waals surface area contributed by atoms with Gasteiger partial charge in [-0.3, -0.25) is 0 Å². The molecule has 4 nitrogen and oxygen atoms in total. The maximum atomic E-state index is 13.0. The summed E-state index contributed by atoms with van der Waals surface area (Å²) in [6.45, 7) is 3.86. The van der Waals surface area contributed by atoms with Crippen molar-refractivity contribution in [2.75, 3.05) is 31.7 Å². The fraction of sp³-hybridized carbons (Fsp3) is 0.364. The van der Waals surface area contributed by atoms with Gasteiger partial charge in [0.25, 0.3) is 0 Å². The molecule has 1 aromatic heterocycles. The summed E-state index contributed by atoms with van der Waals surface area (Å²) in [6, 6.07) is 11.6. The molecule has 0 aliphatic rings. The van der Waals surface area contributed by atoms with Crippen LogP contribution in [0.15, 0.2) is 36.4 Å². The molecule has 3 aromatic rings. The highest BCUT2D eigenvalue weighted by atomic mass is 32.1. The standard InChI is InChI=1S/C22H22F3N3OS/c1-15-12-16(4-5-17(15)14-26)8-10-28(9-3-11-29-2)21-27-19-7-6-18(22(23,24)25)13-20(19)30-21/h4-7,12-13H,3,8-11H2,1-2H3. The van der Waals surface area contributed by atoms with E-state index in [0.717, 1.165) is 36.1 Å². The first kappa shape index (κ1) is 22.1. The molecule has 1 heterocycles. The molecule has 0 radical (unpaired) electrons. The third kappa shape index (κ3) is 5.29. The summed E-state index contributed by atoms with van der Waals surface area (Å²) in [7, 11) is 1.64. The quantitative estimate of drug-likeness (QED) is 0.435. The van der Waals surface area contributed by atoms with Gasteiger partial charge in [0.15, 0.2) is 5.13 Å². The molecule has 3 rings (SSSR count). The average molecular weight is 433 g/mol. The number of nitriles is 1. The van der Waals surface area contributed by atoms with Gasteiger partial charge in [0.05, 0.1) is 27.4 Å². The summed E-state index contributed by atoms with van der Waals surface area (Å²) in [5.74, 6) is 0. The van der Waals surface area contributed by atoms with Crippen molar-refractivity contribution in [3.63, 3.8) is 0 Å². The summed E-state index contributed by atoms with van der Waals surface area (Å²) in [4.78, 5) is 6.65. The number of anilines is 1. The second-order valence-electron chi connectivity index (χ2n) is 7.02. The highest BCUT2D eigenvalue weighted by molar-refractivity contribution is 7.22. The number of hydrogen-bond donors (Lipinski definition) is 0. The molecule has 0 amide bonds. The number of ether oxygens (including phenoxy) is 1. The number of benzene rings is 2. The van der Waals surface area contributed by atoms with Gasteiger partial charge in [-0.15, -0.1) is 0 Å². The van der Waals surface area contributed by atoms with E-state index in [1.54, 1.807) is 7.11 Å². The van der Waals surface area contributed by atoms with Gasteiger partial charge >= 0.3 is 6.18 Å². The Morgan fingerprint density at radius 3 is 2.63 bits per heavy atom. The summed E-state index contributed by atoms with van der Waals surface area (Å²) in [5, 5.41) is 9.79. The van der Waals surface area contributed by atoms with E-state index < -0.39 is 11.7 Å². The zero-order valence-electron chi connectivity index (χ0n) is 16.8. The minimum absolute atomic E-state index is 0.519. The van der Waals surface area contributed by atoms with E-state index in [-0.39, 0.29) is 0 Å². The molecule has 158 valence electrons. The van der Waals surface area contributed by atoms with Crippen LogP contribution in [0.1, 0.15) is 28.7 Å². The van der Waals surface area contributed by atoms with Crippen molar-refractivity contribution < 1.29 is 17.9 Å². The summed E-state index contributed by atoms with van der Waals surface area (Å²) in [5.41, 5.74) is 2.59. The molecule has 0 fully saturated rings. The molecule has 0 unspecified atom stereocenters. The van der Waals surface area contributed by atoms with Gasteiger partial charge in [0.1, 0.15) is 0 Å². The first-order valence-corrected chi connectivity index (χ1v) is 10.3. The number of aryl methyl sites for hydroxylation is 1. The molecule has 0 N–H and O–H groups in total. The fourth-order valence-electron chi connectivity index (χ4n) is 3.20. The van der Waals surface area contributed by atoms with Crippen LogP contribution in [0.2, 0.25) is 0 Å². The van der Waals surface area contributed by atoms with Gasteiger partial charge in [-0.25, -0.2) is 4.98 Å². The number of methoxy groups -OCH3 is 1. The van der Waals surface area contributed by atoms with Gasteiger partial charge in [-0.1, -0.05) is 23.5 Å². The second kappa shape index (κ2) is 9.45. The van der Waals surface area contributed by atoms with Crippen molar-refractivity contribution in [1.29, 1.82) is 5.26 Å². The Bertz CT molecular complexity index is 1060. The van der Waals surface area contributed by atoms with Crippen LogP contribution >= 0.6 is 11.3 Å². The predicted molar refractivity (Wildman–Crippen MR) is 113 cm³/mol. The van der Waals surface area contributed by atoms with E-state index in [1.165, 1.54) is 17.4 Å². The molecular formula is C22H22F3N3OS. The topological polar surface area (TPSA) is 49.1 Å². The minimum Gasteiger partial charge on any atom is -0.385 e. The van der Waals surface area contributed by atoms with Crippen molar-refractivity contribution in [3.05, 3.63) is 58.7 Å². The second-order valence-corrected chi connectivity index (χ2v) is 8.03. The van der Waals surface area contributed by atoms with E-state index in [0.29, 0.717) is 40.6 Å². The maximum Gasteiger partial charge on any atom is 0.416 e. The molecule has 8 heteroatoms. The first-order chi connectivity index (χ1) is 14.3. The van der Waals surface area contributed by atoms with Gasteiger partial charge < -0.3 is 9.64 Å². The number of rotatable bonds is 8. The molecule has 0 saturated carbocycles. The van der Waals surface area contributed by atoms with Gasteiger partial charge in [-0.2, -0.15) is 18.4 Å². The number of halogens is 3. The number of alkyl halides is 3. The summed E-state index contributed by atoms with van der Waals surface area (Å²) >= 11 is 1.27. The molecule has 0 atom stereocenters. The Labute approximate surface area is 177 Å². The van der Waals surface area contributed by atoms with Crippen LogP contribution < -0.4 is 4.90 Å². The van der Waals surface area contributed by atoms with Crippen LogP contribution in [0, 0.1) is 18.3 Å². The Balaban J connectivity index is 1.82. The van der Waals surface area contributed by atoms with E-state index in [1.807, 2.05) is 25.1 Å². The van der Waals surface area contributed by atoms with Gasteiger partial charge in [0.2, 0.25) is 0 Å². The lowest BCUT2D eigenvalue weighted by Gasteiger charge is -2.22. The smallest absolute Gasteiger partial charge is 0.385 e. The van der Waals surface area contributed by atoms with Crippen LogP contribution in [0.3, 0.4) is 0 Å². The van der Waals surface area contributed by atoms with E-state index in [9.17, 15) is 13.2 Å². The number of nitrogens with zero attached hydrogens (tertiary/aromatic N) is 3. The van der Waals surface area contributed by atoms with E-state index in [4.69, 9.17) is 10.00 Å². The Morgan fingerprint density at radius 1 is 1.17 bits per heavy atom. The van der Waals surface area contributed by atoms with Crippen LogP contribution in [-0.2, 0) is 17.3 Å². The Kier molecular flexibility index (Phi) is 6.95. The lowest BCUT2D eigenvalue weighted by atomic mass is 10.0. The Morgan fingerprint density at radius 2 is 1.97 bits per heavy atom. The minimum atomic E-state index is -4.37. The number of hydrogen-bond acceptors (Lipinski definition) is 5.